The number of halogens is 1. The summed E-state index contributed by atoms with van der Waals surface area (Å²) in [5, 5.41) is 0.929. The summed E-state index contributed by atoms with van der Waals surface area (Å²) in [5.41, 5.74) is 1.23. The fourth-order valence-corrected chi connectivity index (χ4v) is 3.94. The number of rotatable bonds is 9. The van der Waals surface area contributed by atoms with Crippen LogP contribution in [0.2, 0.25) is 0 Å². The molecule has 1 N–H and O–H groups in total. The minimum atomic E-state index is -4.07. The maximum Gasteiger partial charge on any atom is 0.257 e. The number of carbonyl (C=O) groups excluding carboxylic acids is 2. The summed E-state index contributed by atoms with van der Waals surface area (Å²) < 4.78 is 26.9. The molecule has 2 aromatic rings. The molecule has 0 saturated carbocycles. The lowest BCUT2D eigenvalue weighted by atomic mass is 9.94. The number of sulfonamides is 1. The van der Waals surface area contributed by atoms with Crippen molar-refractivity contribution in [3.63, 3.8) is 0 Å². The van der Waals surface area contributed by atoms with Gasteiger partial charge in [0.2, 0.25) is 11.8 Å². The van der Waals surface area contributed by atoms with Crippen LogP contribution in [0.25, 0.3) is 6.08 Å². The molecular weight excluding hydrogens is 450 g/mol. The molecule has 1 atom stereocenters. The van der Waals surface area contributed by atoms with Crippen LogP contribution in [-0.2, 0) is 19.6 Å². The predicted octanol–water partition coefficient (Wildman–Crippen LogP) is 4.02. The number of carbonyl (C=O) groups is 2. The van der Waals surface area contributed by atoms with E-state index in [1.165, 1.54) is 11.0 Å². The van der Waals surface area contributed by atoms with Gasteiger partial charge in [0.15, 0.2) is 0 Å². The molecule has 7 nitrogen and oxygen atoms in total. The second-order valence-corrected chi connectivity index (χ2v) is 9.49. The smallest absolute Gasteiger partial charge is 0.257 e. The minimum Gasteiger partial charge on any atom is -0.308 e. The van der Waals surface area contributed by atoms with Gasteiger partial charge < -0.3 is 4.90 Å². The summed E-state index contributed by atoms with van der Waals surface area (Å²) in [4.78, 5) is 31.8. The van der Waals surface area contributed by atoms with Crippen molar-refractivity contribution in [1.29, 1.82) is 0 Å². The van der Waals surface area contributed by atoms with Gasteiger partial charge in [0.1, 0.15) is 5.92 Å². The van der Waals surface area contributed by atoms with E-state index in [1.54, 1.807) is 48.8 Å². The van der Waals surface area contributed by atoms with Gasteiger partial charge >= 0.3 is 0 Å². The lowest BCUT2D eigenvalue weighted by molar-refractivity contribution is -0.133. The van der Waals surface area contributed by atoms with Crippen LogP contribution in [-0.4, -0.2) is 31.3 Å². The minimum absolute atomic E-state index is 0. The summed E-state index contributed by atoms with van der Waals surface area (Å²) in [7, 11) is -4.07. The van der Waals surface area contributed by atoms with Crippen LogP contribution in [0, 0.1) is 11.8 Å². The standard InChI is InChI=1S/C23H29N3O4S.ClH/c1-17(2)15-21(23(28)26(18(3)4)20-11-8-13-24-16-20)22(27)25-31(29,30)14-12-19-9-6-5-7-10-19;/h5-14,16-18,21H,15H2,1-4H3,(H,25,27);1H/b14-12+;. The Hall–Kier alpha value is -2.71. The van der Waals surface area contributed by atoms with E-state index in [1.807, 2.05) is 38.5 Å². The molecule has 2 rings (SSSR count). The topological polar surface area (TPSA) is 96.4 Å². The first kappa shape index (κ1) is 27.3. The third-order valence-electron chi connectivity index (χ3n) is 4.48. The molecule has 1 unspecified atom stereocenters. The highest BCUT2D eigenvalue weighted by molar-refractivity contribution is 7.93. The van der Waals surface area contributed by atoms with E-state index in [9.17, 15) is 18.0 Å². The molecule has 32 heavy (non-hydrogen) atoms. The molecule has 0 radical (unpaired) electrons. The highest BCUT2D eigenvalue weighted by atomic mass is 35.5. The molecule has 0 bridgehead atoms. The summed E-state index contributed by atoms with van der Waals surface area (Å²) >= 11 is 0. The van der Waals surface area contributed by atoms with Crippen LogP contribution in [0.4, 0.5) is 5.69 Å². The van der Waals surface area contributed by atoms with Gasteiger partial charge in [0, 0.05) is 12.2 Å². The number of amides is 2. The van der Waals surface area contributed by atoms with Gasteiger partial charge in [-0.3, -0.25) is 14.6 Å². The van der Waals surface area contributed by atoms with Crippen molar-refractivity contribution in [1.82, 2.24) is 9.71 Å². The van der Waals surface area contributed by atoms with Crippen LogP contribution >= 0.6 is 12.4 Å². The molecule has 0 spiro atoms. The Balaban J connectivity index is 0.00000512. The van der Waals surface area contributed by atoms with Crippen molar-refractivity contribution >= 4 is 46.0 Å². The van der Waals surface area contributed by atoms with Gasteiger partial charge in [-0.15, -0.1) is 12.4 Å². The number of hydrogen-bond donors (Lipinski definition) is 1. The molecule has 1 aromatic carbocycles. The van der Waals surface area contributed by atoms with Crippen molar-refractivity contribution in [2.75, 3.05) is 4.90 Å². The van der Waals surface area contributed by atoms with Crippen molar-refractivity contribution < 1.29 is 18.0 Å². The molecule has 0 aliphatic heterocycles. The first-order valence-corrected chi connectivity index (χ1v) is 11.7. The van der Waals surface area contributed by atoms with E-state index in [4.69, 9.17) is 0 Å². The Labute approximate surface area is 196 Å². The van der Waals surface area contributed by atoms with Gasteiger partial charge in [-0.25, -0.2) is 13.1 Å². The van der Waals surface area contributed by atoms with Crippen molar-refractivity contribution in [3.05, 3.63) is 65.8 Å². The van der Waals surface area contributed by atoms with Crippen LogP contribution in [0.3, 0.4) is 0 Å². The van der Waals surface area contributed by atoms with E-state index in [2.05, 4.69) is 4.98 Å². The first-order chi connectivity index (χ1) is 14.6. The fourth-order valence-electron chi connectivity index (χ4n) is 3.11. The summed E-state index contributed by atoms with van der Waals surface area (Å²) in [5.74, 6) is -2.45. The van der Waals surface area contributed by atoms with E-state index in [0.717, 1.165) is 5.41 Å². The highest BCUT2D eigenvalue weighted by Gasteiger charge is 2.34. The predicted molar refractivity (Wildman–Crippen MR) is 130 cm³/mol. The molecule has 2 amide bonds. The van der Waals surface area contributed by atoms with Gasteiger partial charge in [0.25, 0.3) is 10.0 Å². The molecule has 0 saturated heterocycles. The van der Waals surface area contributed by atoms with Gasteiger partial charge in [-0.05, 0) is 50.0 Å². The summed E-state index contributed by atoms with van der Waals surface area (Å²) in [6.07, 6.45) is 4.75. The molecule has 1 aromatic heterocycles. The van der Waals surface area contributed by atoms with Crippen LogP contribution in [0.15, 0.2) is 60.3 Å². The number of benzene rings is 1. The van der Waals surface area contributed by atoms with Crippen molar-refractivity contribution in [3.8, 4) is 0 Å². The second-order valence-electron chi connectivity index (χ2n) is 7.92. The average Bonchev–Trinajstić information content (AvgIpc) is 2.71. The third kappa shape index (κ3) is 8.09. The Bertz CT molecular complexity index is 1010. The molecule has 9 heteroatoms. The van der Waals surface area contributed by atoms with Gasteiger partial charge in [-0.2, -0.15) is 0 Å². The zero-order chi connectivity index (χ0) is 23.0. The highest BCUT2D eigenvalue weighted by Crippen LogP contribution is 2.23. The van der Waals surface area contributed by atoms with Crippen LogP contribution in [0.1, 0.15) is 39.7 Å². The summed E-state index contributed by atoms with van der Waals surface area (Å²) in [6, 6.07) is 12.1. The van der Waals surface area contributed by atoms with Gasteiger partial charge in [-0.1, -0.05) is 44.2 Å². The van der Waals surface area contributed by atoms with Crippen molar-refractivity contribution in [2.24, 2.45) is 11.8 Å². The lowest BCUT2D eigenvalue weighted by Gasteiger charge is -2.30. The Morgan fingerprint density at radius 2 is 1.72 bits per heavy atom. The van der Waals surface area contributed by atoms with Crippen LogP contribution in [0.5, 0.6) is 0 Å². The number of nitrogens with one attached hydrogen (secondary N) is 1. The molecule has 1 heterocycles. The second kappa shape index (κ2) is 12.4. The molecule has 0 fully saturated rings. The van der Waals surface area contributed by atoms with Crippen molar-refractivity contribution in [2.45, 2.75) is 40.2 Å². The maximum absolute atomic E-state index is 13.4. The first-order valence-electron chi connectivity index (χ1n) is 10.1. The third-order valence-corrected chi connectivity index (χ3v) is 5.46. The fraction of sp³-hybridized carbons (Fsp3) is 0.348. The Morgan fingerprint density at radius 1 is 1.06 bits per heavy atom. The van der Waals surface area contributed by atoms with E-state index in [-0.39, 0.29) is 30.8 Å². The Kier molecular flexibility index (Phi) is 10.6. The van der Waals surface area contributed by atoms with E-state index < -0.39 is 27.8 Å². The number of anilines is 1. The number of pyridine rings is 1. The zero-order valence-electron chi connectivity index (χ0n) is 18.6. The molecule has 174 valence electrons. The van der Waals surface area contributed by atoms with E-state index in [0.29, 0.717) is 11.3 Å². The largest absolute Gasteiger partial charge is 0.308 e. The monoisotopic (exact) mass is 479 g/mol. The lowest BCUT2D eigenvalue weighted by Crippen LogP contribution is -2.48. The SMILES string of the molecule is CC(C)CC(C(=O)NS(=O)(=O)/C=C/c1ccccc1)C(=O)N(c1cccnc1)C(C)C.Cl. The van der Waals surface area contributed by atoms with Crippen LogP contribution < -0.4 is 9.62 Å². The normalized spacial score (nSPS) is 12.4. The average molecular weight is 480 g/mol. The number of hydrogen-bond acceptors (Lipinski definition) is 5. The molecular formula is C23H30ClN3O4S. The number of aromatic nitrogens is 1. The molecule has 0 aliphatic carbocycles. The molecule has 0 aliphatic rings. The zero-order valence-corrected chi connectivity index (χ0v) is 20.3. The van der Waals surface area contributed by atoms with Gasteiger partial charge in [0.05, 0.1) is 17.3 Å². The Morgan fingerprint density at radius 3 is 2.25 bits per heavy atom. The quantitative estimate of drug-likeness (QED) is 0.548. The summed E-state index contributed by atoms with van der Waals surface area (Å²) in [6.45, 7) is 7.41. The maximum atomic E-state index is 13.4. The van der Waals surface area contributed by atoms with E-state index >= 15 is 0 Å². The number of nitrogens with zero attached hydrogens (tertiary/aromatic N) is 2.